The van der Waals surface area contributed by atoms with Crippen LogP contribution in [0.5, 0.6) is 5.75 Å². The van der Waals surface area contributed by atoms with Gasteiger partial charge in [0, 0.05) is 7.05 Å². The first-order valence-corrected chi connectivity index (χ1v) is 5.50. The summed E-state index contributed by atoms with van der Waals surface area (Å²) in [6, 6.07) is 2.83. The highest BCUT2D eigenvalue weighted by Gasteiger charge is 2.17. The average Bonchev–Trinajstić information content (AvgIpc) is 2.40. The Labute approximate surface area is 114 Å². The van der Waals surface area contributed by atoms with Gasteiger partial charge in [-0.15, -0.1) is 0 Å². The number of aromatic carboxylic acids is 1. The van der Waals surface area contributed by atoms with Crippen LogP contribution in [0.3, 0.4) is 0 Å². The number of nitrogens with one attached hydrogen (secondary N) is 1. The Hall–Kier alpha value is -2.77. The smallest absolute Gasteiger partial charge is 0.337 e. The van der Waals surface area contributed by atoms with Crippen molar-refractivity contribution in [2.75, 3.05) is 26.0 Å². The number of carbonyl (C=O) groups excluding carboxylic acids is 2. The third kappa shape index (κ3) is 3.87. The number of rotatable bonds is 4. The van der Waals surface area contributed by atoms with Crippen LogP contribution in [0.15, 0.2) is 18.2 Å². The van der Waals surface area contributed by atoms with Crippen molar-refractivity contribution in [2.24, 2.45) is 0 Å². The summed E-state index contributed by atoms with van der Waals surface area (Å²) >= 11 is 0. The van der Waals surface area contributed by atoms with Crippen LogP contribution < -0.4 is 5.32 Å². The molecule has 0 atom stereocenters. The number of benzene rings is 1. The Morgan fingerprint density at radius 1 is 1.35 bits per heavy atom. The first-order chi connectivity index (χ1) is 9.35. The number of ether oxygens (including phenoxy) is 1. The first-order valence-electron chi connectivity index (χ1n) is 5.50. The molecule has 1 aromatic carbocycles. The normalized spacial score (nSPS) is 9.70. The molecule has 1 rings (SSSR count). The second kappa shape index (κ2) is 6.41. The van der Waals surface area contributed by atoms with Crippen molar-refractivity contribution in [3.05, 3.63) is 23.8 Å². The number of carbonyl (C=O) groups is 3. The lowest BCUT2D eigenvalue weighted by Gasteiger charge is -2.17. The summed E-state index contributed by atoms with van der Waals surface area (Å²) in [7, 11) is 2.55. The summed E-state index contributed by atoms with van der Waals surface area (Å²) in [5.74, 6) is -2.14. The van der Waals surface area contributed by atoms with Gasteiger partial charge < -0.3 is 25.2 Å². The molecule has 0 saturated carbocycles. The Morgan fingerprint density at radius 3 is 2.55 bits per heavy atom. The number of carboxylic acid groups (broad SMARTS) is 1. The van der Waals surface area contributed by atoms with Gasteiger partial charge in [-0.2, -0.15) is 0 Å². The summed E-state index contributed by atoms with van der Waals surface area (Å²) in [6.07, 6.45) is 0. The fraction of sp³-hybridized carbons (Fsp3) is 0.250. The second-order valence-electron chi connectivity index (χ2n) is 3.90. The number of hydrogen-bond donors (Lipinski definition) is 3. The van der Waals surface area contributed by atoms with E-state index < -0.39 is 18.0 Å². The number of urea groups is 1. The van der Waals surface area contributed by atoms with Gasteiger partial charge in [-0.05, 0) is 18.2 Å². The molecule has 0 aromatic heterocycles. The van der Waals surface area contributed by atoms with E-state index in [2.05, 4.69) is 10.1 Å². The fourth-order valence-corrected chi connectivity index (χ4v) is 1.36. The van der Waals surface area contributed by atoms with Crippen LogP contribution in [-0.4, -0.2) is 53.8 Å². The molecule has 8 heteroatoms. The standard InChI is InChI=1S/C12H14N2O6/c1-14(6-10(16)20-2)12(19)13-9-4-3-7(15)5-8(9)11(17)18/h3-5,15H,6H2,1-2H3,(H,13,19)(H,17,18). The maximum atomic E-state index is 11.8. The number of carboxylic acids is 1. The van der Waals surface area contributed by atoms with Gasteiger partial charge in [-0.1, -0.05) is 0 Å². The topological polar surface area (TPSA) is 116 Å². The predicted molar refractivity (Wildman–Crippen MR) is 68.7 cm³/mol. The van der Waals surface area contributed by atoms with E-state index in [9.17, 15) is 19.5 Å². The van der Waals surface area contributed by atoms with Crippen molar-refractivity contribution in [3.63, 3.8) is 0 Å². The van der Waals surface area contributed by atoms with Gasteiger partial charge in [-0.3, -0.25) is 4.79 Å². The molecular weight excluding hydrogens is 268 g/mol. The monoisotopic (exact) mass is 282 g/mol. The van der Waals surface area contributed by atoms with Crippen LogP contribution in [0.4, 0.5) is 10.5 Å². The number of aromatic hydroxyl groups is 1. The molecule has 2 amide bonds. The Bertz CT molecular complexity index is 543. The van der Waals surface area contributed by atoms with Crippen molar-refractivity contribution in [1.82, 2.24) is 4.90 Å². The maximum Gasteiger partial charge on any atom is 0.337 e. The lowest BCUT2D eigenvalue weighted by molar-refractivity contribution is -0.140. The lowest BCUT2D eigenvalue weighted by atomic mass is 10.1. The van der Waals surface area contributed by atoms with E-state index in [1.165, 1.54) is 26.3 Å². The van der Waals surface area contributed by atoms with Crippen molar-refractivity contribution in [2.45, 2.75) is 0 Å². The molecule has 0 aliphatic rings. The molecule has 8 nitrogen and oxygen atoms in total. The zero-order valence-corrected chi connectivity index (χ0v) is 10.9. The molecule has 20 heavy (non-hydrogen) atoms. The summed E-state index contributed by atoms with van der Waals surface area (Å²) < 4.78 is 4.41. The Morgan fingerprint density at radius 2 is 2.00 bits per heavy atom. The Balaban J connectivity index is 2.85. The molecule has 0 aliphatic carbocycles. The molecule has 1 aromatic rings. The van der Waals surface area contributed by atoms with Gasteiger partial charge in [0.25, 0.3) is 0 Å². The summed E-state index contributed by atoms with van der Waals surface area (Å²) in [6.45, 7) is -0.275. The van der Waals surface area contributed by atoms with Crippen molar-refractivity contribution in [1.29, 1.82) is 0 Å². The SMILES string of the molecule is COC(=O)CN(C)C(=O)Nc1ccc(O)cc1C(=O)O. The molecule has 0 radical (unpaired) electrons. The number of likely N-dealkylation sites (N-methyl/N-ethyl adjacent to an activating group) is 1. The van der Waals surface area contributed by atoms with Crippen molar-refractivity contribution < 1.29 is 29.3 Å². The molecular formula is C12H14N2O6. The number of phenolic OH excluding ortho intramolecular Hbond substituents is 1. The van der Waals surface area contributed by atoms with Crippen molar-refractivity contribution in [3.8, 4) is 5.75 Å². The minimum atomic E-state index is -1.30. The molecule has 3 N–H and O–H groups in total. The third-order valence-corrected chi connectivity index (χ3v) is 2.42. The molecule has 0 fully saturated rings. The minimum absolute atomic E-state index is 0.0111. The molecule has 0 unspecified atom stereocenters. The number of phenols is 1. The summed E-state index contributed by atoms with van der Waals surface area (Å²) in [4.78, 5) is 34.8. The van der Waals surface area contributed by atoms with E-state index in [-0.39, 0.29) is 23.5 Å². The number of amides is 2. The highest BCUT2D eigenvalue weighted by atomic mass is 16.5. The minimum Gasteiger partial charge on any atom is -0.508 e. The number of methoxy groups -OCH3 is 1. The third-order valence-electron chi connectivity index (χ3n) is 2.42. The Kier molecular flexibility index (Phi) is 4.90. The van der Waals surface area contributed by atoms with E-state index in [0.29, 0.717) is 0 Å². The van der Waals surface area contributed by atoms with E-state index in [1.807, 2.05) is 0 Å². The molecule has 0 spiro atoms. The zero-order chi connectivity index (χ0) is 15.3. The van der Waals surface area contributed by atoms with Gasteiger partial charge in [0.1, 0.15) is 12.3 Å². The largest absolute Gasteiger partial charge is 0.508 e. The zero-order valence-electron chi connectivity index (χ0n) is 10.9. The highest BCUT2D eigenvalue weighted by molar-refractivity contribution is 6.00. The van der Waals surface area contributed by atoms with E-state index in [0.717, 1.165) is 11.0 Å². The van der Waals surface area contributed by atoms with Crippen LogP contribution in [0.1, 0.15) is 10.4 Å². The number of esters is 1. The fourth-order valence-electron chi connectivity index (χ4n) is 1.36. The lowest BCUT2D eigenvalue weighted by Crippen LogP contribution is -2.36. The number of nitrogens with zero attached hydrogens (tertiary/aromatic N) is 1. The van der Waals surface area contributed by atoms with E-state index in [4.69, 9.17) is 5.11 Å². The van der Waals surface area contributed by atoms with E-state index >= 15 is 0 Å². The number of hydrogen-bond acceptors (Lipinski definition) is 5. The van der Waals surface area contributed by atoms with Gasteiger partial charge >= 0.3 is 18.0 Å². The van der Waals surface area contributed by atoms with Crippen LogP contribution in [-0.2, 0) is 9.53 Å². The van der Waals surface area contributed by atoms with Crippen LogP contribution in [0, 0.1) is 0 Å². The van der Waals surface area contributed by atoms with Crippen molar-refractivity contribution >= 4 is 23.7 Å². The van der Waals surface area contributed by atoms with Gasteiger partial charge in [0.2, 0.25) is 0 Å². The maximum absolute atomic E-state index is 11.8. The van der Waals surface area contributed by atoms with Gasteiger partial charge in [-0.25, -0.2) is 9.59 Å². The van der Waals surface area contributed by atoms with E-state index in [1.54, 1.807) is 0 Å². The van der Waals surface area contributed by atoms with Gasteiger partial charge in [0.05, 0.1) is 18.4 Å². The first kappa shape index (κ1) is 15.3. The van der Waals surface area contributed by atoms with Crippen LogP contribution in [0.25, 0.3) is 0 Å². The molecule has 0 heterocycles. The summed E-state index contributed by atoms with van der Waals surface area (Å²) in [5, 5.41) is 20.5. The molecule has 0 aliphatic heterocycles. The number of anilines is 1. The average molecular weight is 282 g/mol. The molecule has 108 valence electrons. The van der Waals surface area contributed by atoms with Crippen LogP contribution >= 0.6 is 0 Å². The highest BCUT2D eigenvalue weighted by Crippen LogP contribution is 2.21. The second-order valence-corrected chi connectivity index (χ2v) is 3.90. The van der Waals surface area contributed by atoms with Crippen LogP contribution in [0.2, 0.25) is 0 Å². The molecule has 0 saturated heterocycles. The molecule has 0 bridgehead atoms. The van der Waals surface area contributed by atoms with Gasteiger partial charge in [0.15, 0.2) is 0 Å². The predicted octanol–water partition coefficient (Wildman–Crippen LogP) is 0.727. The quantitative estimate of drug-likeness (QED) is 0.553. The summed E-state index contributed by atoms with van der Waals surface area (Å²) in [5.41, 5.74) is -0.248.